The van der Waals surface area contributed by atoms with Gasteiger partial charge in [-0.1, -0.05) is 77.6 Å². The molecule has 0 fully saturated rings. The lowest BCUT2D eigenvalue weighted by Crippen LogP contribution is -2.35. The molecule has 32 heavy (non-hydrogen) atoms. The number of aliphatic hydroxyl groups is 4. The van der Waals surface area contributed by atoms with E-state index < -0.39 is 49.2 Å². The summed E-state index contributed by atoms with van der Waals surface area (Å²) >= 11 is 0. The first kappa shape index (κ1) is 28.4. The van der Waals surface area contributed by atoms with E-state index in [4.69, 9.17) is 24.4 Å². The van der Waals surface area contributed by atoms with E-state index in [1.807, 2.05) is 0 Å². The highest BCUT2D eigenvalue weighted by Crippen LogP contribution is 2.28. The molecule has 0 spiro atoms. The fourth-order valence-electron chi connectivity index (χ4n) is 3.40. The SMILES string of the molecule is CCCCCCCCCCCCCCOC1=C(OC(=O)C(O)CO)[C@@H]([C@@H](O)CO)OC1=O. The summed E-state index contributed by atoms with van der Waals surface area (Å²) in [4.78, 5) is 23.9. The molecule has 1 unspecified atom stereocenters. The standard InChI is InChI=1S/C23H40O9/c1-2-3-4-5-6-7-8-9-10-11-12-13-14-30-21-20(32-22(28)18(27)16-25)19(17(26)15-24)31-23(21)29/h17-19,24-27H,2-16H2,1H3/t17-,18?,19+/m0/s1. The van der Waals surface area contributed by atoms with Gasteiger partial charge in [-0.2, -0.15) is 0 Å². The van der Waals surface area contributed by atoms with Crippen LogP contribution in [0, 0.1) is 0 Å². The molecule has 186 valence electrons. The van der Waals surface area contributed by atoms with E-state index in [0.29, 0.717) is 6.42 Å². The van der Waals surface area contributed by atoms with Gasteiger partial charge in [0, 0.05) is 0 Å². The molecule has 1 aliphatic heterocycles. The van der Waals surface area contributed by atoms with Crippen LogP contribution in [0.3, 0.4) is 0 Å². The number of ether oxygens (including phenoxy) is 3. The van der Waals surface area contributed by atoms with Crippen LogP contribution in [0.4, 0.5) is 0 Å². The minimum Gasteiger partial charge on any atom is -0.484 e. The van der Waals surface area contributed by atoms with Gasteiger partial charge in [0.15, 0.2) is 12.2 Å². The lowest BCUT2D eigenvalue weighted by molar-refractivity contribution is -0.157. The van der Waals surface area contributed by atoms with Crippen molar-refractivity contribution in [2.24, 2.45) is 0 Å². The number of cyclic esters (lactones) is 1. The monoisotopic (exact) mass is 460 g/mol. The zero-order chi connectivity index (χ0) is 23.8. The Kier molecular flexibility index (Phi) is 15.0. The molecule has 0 aromatic heterocycles. The van der Waals surface area contributed by atoms with Gasteiger partial charge in [0.1, 0.15) is 6.10 Å². The Labute approximate surface area is 190 Å². The third kappa shape index (κ3) is 10.3. The summed E-state index contributed by atoms with van der Waals surface area (Å²) in [6, 6.07) is 0. The Morgan fingerprint density at radius 1 is 0.906 bits per heavy atom. The van der Waals surface area contributed by atoms with Crippen molar-refractivity contribution in [3.63, 3.8) is 0 Å². The third-order valence-electron chi connectivity index (χ3n) is 5.34. The lowest BCUT2D eigenvalue weighted by atomic mass is 10.1. The highest BCUT2D eigenvalue weighted by Gasteiger charge is 2.43. The van der Waals surface area contributed by atoms with Crippen LogP contribution in [-0.4, -0.2) is 70.5 Å². The number of rotatable bonds is 19. The highest BCUT2D eigenvalue weighted by atomic mass is 16.6. The first-order valence-electron chi connectivity index (χ1n) is 11.8. The van der Waals surface area contributed by atoms with Crippen LogP contribution >= 0.6 is 0 Å². The van der Waals surface area contributed by atoms with E-state index in [0.717, 1.165) is 19.3 Å². The van der Waals surface area contributed by atoms with Crippen LogP contribution in [0.25, 0.3) is 0 Å². The van der Waals surface area contributed by atoms with Gasteiger partial charge in [0.05, 0.1) is 19.8 Å². The summed E-state index contributed by atoms with van der Waals surface area (Å²) in [6.45, 7) is 0.794. The number of carbonyl (C=O) groups excluding carboxylic acids is 2. The van der Waals surface area contributed by atoms with Gasteiger partial charge >= 0.3 is 11.9 Å². The van der Waals surface area contributed by atoms with Crippen molar-refractivity contribution in [3.8, 4) is 0 Å². The summed E-state index contributed by atoms with van der Waals surface area (Å²) < 4.78 is 15.3. The Hall–Kier alpha value is -1.68. The van der Waals surface area contributed by atoms with Crippen molar-refractivity contribution in [3.05, 3.63) is 11.5 Å². The second-order valence-corrected chi connectivity index (χ2v) is 8.13. The largest absolute Gasteiger partial charge is 0.484 e. The fraction of sp³-hybridized carbons (Fsp3) is 0.826. The number of carbonyl (C=O) groups is 2. The van der Waals surface area contributed by atoms with Crippen molar-refractivity contribution < 1.29 is 44.2 Å². The summed E-state index contributed by atoms with van der Waals surface area (Å²) in [5.41, 5.74) is 0. The molecule has 3 atom stereocenters. The van der Waals surface area contributed by atoms with E-state index in [1.54, 1.807) is 0 Å². The van der Waals surface area contributed by atoms with Crippen LogP contribution in [-0.2, 0) is 23.8 Å². The van der Waals surface area contributed by atoms with Crippen molar-refractivity contribution in [2.75, 3.05) is 19.8 Å². The van der Waals surface area contributed by atoms with Gasteiger partial charge in [-0.15, -0.1) is 0 Å². The molecule has 0 aromatic carbocycles. The zero-order valence-electron chi connectivity index (χ0n) is 19.2. The second-order valence-electron chi connectivity index (χ2n) is 8.13. The minimum absolute atomic E-state index is 0.188. The van der Waals surface area contributed by atoms with Crippen molar-refractivity contribution in [2.45, 2.75) is 102 Å². The quantitative estimate of drug-likeness (QED) is 0.168. The van der Waals surface area contributed by atoms with Crippen LogP contribution in [0.15, 0.2) is 11.5 Å². The van der Waals surface area contributed by atoms with E-state index in [-0.39, 0.29) is 12.4 Å². The Morgan fingerprint density at radius 3 is 1.94 bits per heavy atom. The average molecular weight is 461 g/mol. The molecule has 4 N–H and O–H groups in total. The zero-order valence-corrected chi connectivity index (χ0v) is 19.2. The number of esters is 2. The van der Waals surface area contributed by atoms with Gasteiger partial charge in [-0.3, -0.25) is 0 Å². The number of aliphatic hydroxyl groups excluding tert-OH is 4. The van der Waals surface area contributed by atoms with Crippen molar-refractivity contribution in [1.82, 2.24) is 0 Å². The van der Waals surface area contributed by atoms with E-state index in [9.17, 15) is 19.8 Å². The van der Waals surface area contributed by atoms with Gasteiger partial charge in [-0.05, 0) is 6.42 Å². The maximum atomic E-state index is 12.1. The topological polar surface area (TPSA) is 143 Å². The van der Waals surface area contributed by atoms with Crippen LogP contribution < -0.4 is 0 Å². The summed E-state index contributed by atoms with van der Waals surface area (Å²) in [7, 11) is 0. The molecule has 9 heteroatoms. The first-order chi connectivity index (χ1) is 15.5. The van der Waals surface area contributed by atoms with Crippen LogP contribution in [0.1, 0.15) is 84.0 Å². The average Bonchev–Trinajstić information content (AvgIpc) is 3.10. The molecule has 1 rings (SSSR count). The molecule has 0 saturated heterocycles. The molecular weight excluding hydrogens is 420 g/mol. The van der Waals surface area contributed by atoms with Crippen LogP contribution in [0.5, 0.6) is 0 Å². The van der Waals surface area contributed by atoms with E-state index in [1.165, 1.54) is 51.4 Å². The Balaban J connectivity index is 2.36. The minimum atomic E-state index is -1.82. The van der Waals surface area contributed by atoms with Gasteiger partial charge < -0.3 is 34.6 Å². The van der Waals surface area contributed by atoms with E-state index in [2.05, 4.69) is 6.92 Å². The molecule has 0 aliphatic carbocycles. The van der Waals surface area contributed by atoms with Crippen molar-refractivity contribution >= 4 is 11.9 Å². The first-order valence-corrected chi connectivity index (χ1v) is 11.8. The molecule has 0 saturated carbocycles. The molecule has 0 aromatic rings. The fourth-order valence-corrected chi connectivity index (χ4v) is 3.40. The maximum absolute atomic E-state index is 12.1. The predicted octanol–water partition coefficient (Wildman–Crippen LogP) is 2.09. The maximum Gasteiger partial charge on any atom is 0.378 e. The Morgan fingerprint density at radius 2 is 1.44 bits per heavy atom. The molecule has 1 heterocycles. The molecular formula is C23H40O9. The Bertz CT molecular complexity index is 576. The lowest BCUT2D eigenvalue weighted by Gasteiger charge is -2.18. The van der Waals surface area contributed by atoms with Crippen molar-refractivity contribution in [1.29, 1.82) is 0 Å². The number of hydrogen-bond donors (Lipinski definition) is 4. The normalized spacial score (nSPS) is 17.9. The second kappa shape index (κ2) is 16.9. The smallest absolute Gasteiger partial charge is 0.378 e. The van der Waals surface area contributed by atoms with Gasteiger partial charge in [0.2, 0.25) is 11.5 Å². The van der Waals surface area contributed by atoms with E-state index >= 15 is 0 Å². The molecule has 0 bridgehead atoms. The molecule has 1 aliphatic rings. The molecule has 0 amide bonds. The van der Waals surface area contributed by atoms with Crippen LogP contribution in [0.2, 0.25) is 0 Å². The summed E-state index contributed by atoms with van der Waals surface area (Å²) in [5, 5.41) is 37.2. The van der Waals surface area contributed by atoms with Gasteiger partial charge in [0.25, 0.3) is 0 Å². The highest BCUT2D eigenvalue weighted by molar-refractivity contribution is 5.90. The predicted molar refractivity (Wildman–Crippen MR) is 116 cm³/mol. The molecule has 9 nitrogen and oxygen atoms in total. The number of unbranched alkanes of at least 4 members (excludes halogenated alkanes) is 11. The van der Waals surface area contributed by atoms with Gasteiger partial charge in [-0.25, -0.2) is 9.59 Å². The summed E-state index contributed by atoms with van der Waals surface area (Å²) in [6.07, 6.45) is 9.35. The molecule has 0 radical (unpaired) electrons. The number of hydrogen-bond acceptors (Lipinski definition) is 9. The summed E-state index contributed by atoms with van der Waals surface area (Å²) in [5.74, 6) is -2.93. The third-order valence-corrected chi connectivity index (χ3v) is 5.34.